The number of nitrogens with zero attached hydrogens (tertiary/aromatic N) is 1. The van der Waals surface area contributed by atoms with Crippen molar-refractivity contribution in [2.24, 2.45) is 5.92 Å². The van der Waals surface area contributed by atoms with Gasteiger partial charge in [0.2, 0.25) is 11.8 Å². The molecule has 0 unspecified atom stereocenters. The first kappa shape index (κ1) is 22.1. The molecular formula is C23H31N3O4S. The van der Waals surface area contributed by atoms with Crippen molar-refractivity contribution in [2.75, 3.05) is 13.2 Å². The Morgan fingerprint density at radius 2 is 2.03 bits per heavy atom. The average molecular weight is 446 g/mol. The summed E-state index contributed by atoms with van der Waals surface area (Å²) in [5.74, 6) is -0.711. The van der Waals surface area contributed by atoms with Gasteiger partial charge in [-0.3, -0.25) is 14.4 Å². The summed E-state index contributed by atoms with van der Waals surface area (Å²) in [5, 5.41) is 5.70. The molecule has 31 heavy (non-hydrogen) atoms. The molecule has 2 saturated heterocycles. The van der Waals surface area contributed by atoms with Gasteiger partial charge < -0.3 is 20.3 Å². The maximum Gasteiger partial charge on any atom is 0.256 e. The lowest BCUT2D eigenvalue weighted by Gasteiger charge is -2.32. The minimum absolute atomic E-state index is 0.0408. The molecule has 168 valence electrons. The van der Waals surface area contributed by atoms with E-state index in [2.05, 4.69) is 10.6 Å². The normalized spacial score (nSPS) is 27.2. The third-order valence-electron chi connectivity index (χ3n) is 6.32. The third kappa shape index (κ3) is 4.07. The number of carbonyl (C=O) groups is 3. The number of hydrogen-bond donors (Lipinski definition) is 2. The number of rotatable bonds is 6. The fourth-order valence-corrected chi connectivity index (χ4v) is 6.29. The molecule has 2 N–H and O–H groups in total. The summed E-state index contributed by atoms with van der Waals surface area (Å²) in [6.45, 7) is 8.96. The highest BCUT2D eigenvalue weighted by Crippen LogP contribution is 2.56. The Morgan fingerprint density at radius 3 is 2.71 bits per heavy atom. The second-order valence-electron chi connectivity index (χ2n) is 9.39. The Morgan fingerprint density at radius 1 is 1.29 bits per heavy atom. The lowest BCUT2D eigenvalue weighted by Crippen LogP contribution is -2.58. The summed E-state index contributed by atoms with van der Waals surface area (Å²) in [4.78, 5) is 41.1. The van der Waals surface area contributed by atoms with Crippen molar-refractivity contribution < 1.29 is 19.1 Å². The molecule has 0 radical (unpaired) electrons. The lowest BCUT2D eigenvalue weighted by molar-refractivity contribution is -0.133. The highest BCUT2D eigenvalue weighted by Gasteiger charge is 2.57. The van der Waals surface area contributed by atoms with Gasteiger partial charge in [-0.25, -0.2) is 0 Å². The molecule has 1 aromatic rings. The van der Waals surface area contributed by atoms with Crippen LogP contribution in [0.15, 0.2) is 24.3 Å². The van der Waals surface area contributed by atoms with Gasteiger partial charge in [0.15, 0.2) is 0 Å². The number of thioether (sulfide) groups is 1. The van der Waals surface area contributed by atoms with E-state index in [9.17, 15) is 14.4 Å². The van der Waals surface area contributed by atoms with Gasteiger partial charge >= 0.3 is 0 Å². The maximum atomic E-state index is 13.5. The van der Waals surface area contributed by atoms with Crippen LogP contribution in [0.2, 0.25) is 0 Å². The van der Waals surface area contributed by atoms with E-state index in [4.69, 9.17) is 4.74 Å². The van der Waals surface area contributed by atoms with E-state index >= 15 is 0 Å². The predicted octanol–water partition coefficient (Wildman–Crippen LogP) is 2.47. The van der Waals surface area contributed by atoms with Crippen LogP contribution >= 0.6 is 11.8 Å². The van der Waals surface area contributed by atoms with Crippen LogP contribution in [0.3, 0.4) is 0 Å². The summed E-state index contributed by atoms with van der Waals surface area (Å²) in [6, 6.07) is 6.20. The van der Waals surface area contributed by atoms with E-state index in [-0.39, 0.29) is 35.1 Å². The molecule has 3 aliphatic heterocycles. The maximum absolute atomic E-state index is 13.5. The van der Waals surface area contributed by atoms with Crippen molar-refractivity contribution >= 4 is 29.5 Å². The van der Waals surface area contributed by atoms with E-state index in [1.165, 1.54) is 0 Å². The zero-order valence-electron chi connectivity index (χ0n) is 18.5. The zero-order valence-corrected chi connectivity index (χ0v) is 19.3. The lowest BCUT2D eigenvalue weighted by atomic mass is 9.98. The van der Waals surface area contributed by atoms with Gasteiger partial charge in [-0.1, -0.05) is 32.0 Å². The smallest absolute Gasteiger partial charge is 0.256 e. The van der Waals surface area contributed by atoms with E-state index < -0.39 is 16.8 Å². The molecule has 2 fully saturated rings. The Labute approximate surface area is 187 Å². The van der Waals surface area contributed by atoms with E-state index in [1.54, 1.807) is 16.7 Å². The molecule has 3 aliphatic rings. The molecule has 0 spiro atoms. The highest BCUT2D eigenvalue weighted by atomic mass is 32.2. The fourth-order valence-electron chi connectivity index (χ4n) is 4.70. The van der Waals surface area contributed by atoms with Crippen LogP contribution in [0.4, 0.5) is 0 Å². The Bertz CT molecular complexity index is 881. The largest absolute Gasteiger partial charge is 0.376 e. The number of hydrogen-bond acceptors (Lipinski definition) is 5. The second-order valence-corrected chi connectivity index (χ2v) is 11.1. The second kappa shape index (κ2) is 8.47. The molecule has 3 heterocycles. The molecule has 0 bridgehead atoms. The van der Waals surface area contributed by atoms with Crippen molar-refractivity contribution in [2.45, 2.75) is 68.8 Å². The molecule has 1 aromatic carbocycles. The monoisotopic (exact) mass is 445 g/mol. The van der Waals surface area contributed by atoms with Crippen LogP contribution in [0.5, 0.6) is 0 Å². The van der Waals surface area contributed by atoms with Gasteiger partial charge in [0.05, 0.1) is 6.10 Å². The number of fused-ring (bicyclic) bond motifs is 3. The van der Waals surface area contributed by atoms with Crippen LogP contribution in [0.1, 0.15) is 61.8 Å². The van der Waals surface area contributed by atoms with E-state index in [1.807, 2.05) is 52.0 Å². The Hall–Kier alpha value is -2.06. The van der Waals surface area contributed by atoms with Gasteiger partial charge in [0, 0.05) is 23.5 Å². The number of carbonyl (C=O) groups excluding carboxylic acids is 3. The summed E-state index contributed by atoms with van der Waals surface area (Å²) >= 11 is 1.62. The van der Waals surface area contributed by atoms with Crippen LogP contribution in [0.25, 0.3) is 0 Å². The summed E-state index contributed by atoms with van der Waals surface area (Å²) in [6.07, 6.45) is 1.98. The average Bonchev–Trinajstić information content (AvgIpc) is 3.40. The molecule has 0 saturated carbocycles. The van der Waals surface area contributed by atoms with Crippen molar-refractivity contribution in [3.8, 4) is 0 Å². The highest BCUT2D eigenvalue weighted by molar-refractivity contribution is 8.01. The molecule has 0 aliphatic carbocycles. The first-order valence-corrected chi connectivity index (χ1v) is 11.9. The molecule has 4 atom stereocenters. The number of nitrogens with one attached hydrogen (secondary N) is 2. The van der Waals surface area contributed by atoms with Gasteiger partial charge in [-0.2, -0.15) is 0 Å². The van der Waals surface area contributed by atoms with Crippen molar-refractivity contribution in [1.82, 2.24) is 15.5 Å². The van der Waals surface area contributed by atoms with Crippen molar-refractivity contribution in [1.29, 1.82) is 0 Å². The standard InChI is InChI=1S/C23H31N3O4S/c1-13(2)17(19(27)24-12-14-8-7-11-30-14)25-20(28)18-23(3,4)31-22-16-10-6-5-9-15(16)21(29)26(18)22/h5-6,9-10,13-14,17-18,22H,7-8,11-12H2,1-4H3,(H,24,27)(H,25,28)/t14-,17-,18+,22+/m0/s1. The predicted molar refractivity (Wildman–Crippen MR) is 120 cm³/mol. The number of benzene rings is 1. The Kier molecular flexibility index (Phi) is 6.05. The van der Waals surface area contributed by atoms with Crippen molar-refractivity contribution in [3.63, 3.8) is 0 Å². The van der Waals surface area contributed by atoms with Gasteiger partial charge in [0.25, 0.3) is 5.91 Å². The number of amides is 3. The minimum Gasteiger partial charge on any atom is -0.376 e. The molecule has 4 rings (SSSR count). The zero-order chi connectivity index (χ0) is 22.3. The summed E-state index contributed by atoms with van der Waals surface area (Å²) < 4.78 is 5.10. The summed E-state index contributed by atoms with van der Waals surface area (Å²) in [7, 11) is 0. The fraction of sp³-hybridized carbons (Fsp3) is 0.609. The van der Waals surface area contributed by atoms with Crippen LogP contribution in [-0.2, 0) is 14.3 Å². The summed E-state index contributed by atoms with van der Waals surface area (Å²) in [5.41, 5.74) is 1.61. The molecule has 8 heteroatoms. The first-order chi connectivity index (χ1) is 14.7. The van der Waals surface area contributed by atoms with Crippen LogP contribution < -0.4 is 10.6 Å². The van der Waals surface area contributed by atoms with E-state index in [0.717, 1.165) is 25.0 Å². The van der Waals surface area contributed by atoms with E-state index in [0.29, 0.717) is 12.1 Å². The minimum atomic E-state index is -0.672. The Balaban J connectivity index is 1.49. The van der Waals surface area contributed by atoms with Gasteiger partial charge in [-0.05, 0) is 44.2 Å². The molecule has 7 nitrogen and oxygen atoms in total. The van der Waals surface area contributed by atoms with Crippen molar-refractivity contribution in [3.05, 3.63) is 35.4 Å². The molecular weight excluding hydrogens is 414 g/mol. The van der Waals surface area contributed by atoms with Gasteiger partial charge in [-0.15, -0.1) is 11.8 Å². The molecule has 3 amide bonds. The number of ether oxygens (including phenoxy) is 1. The third-order valence-corrected chi connectivity index (χ3v) is 7.85. The van der Waals surface area contributed by atoms with Gasteiger partial charge in [0.1, 0.15) is 17.5 Å². The topological polar surface area (TPSA) is 87.7 Å². The molecule has 0 aromatic heterocycles. The quantitative estimate of drug-likeness (QED) is 0.702. The first-order valence-electron chi connectivity index (χ1n) is 11.0. The van der Waals surface area contributed by atoms with Crippen LogP contribution in [0, 0.1) is 5.92 Å². The van der Waals surface area contributed by atoms with Crippen LogP contribution in [-0.4, -0.2) is 58.7 Å². The SMILES string of the molecule is CC(C)[C@H](NC(=O)[C@H]1N2C(=O)c3ccccc3[C@H]2SC1(C)C)C(=O)NC[C@@H]1CCCO1.